The molecule has 0 aliphatic heterocycles. The van der Waals surface area contributed by atoms with Gasteiger partial charge in [0.25, 0.3) is 0 Å². The van der Waals surface area contributed by atoms with Crippen molar-refractivity contribution in [2.45, 2.75) is 19.3 Å². The lowest BCUT2D eigenvalue weighted by Crippen LogP contribution is -2.09. The van der Waals surface area contributed by atoms with Gasteiger partial charge in [-0.1, -0.05) is 12.1 Å². The van der Waals surface area contributed by atoms with E-state index >= 15 is 0 Å². The highest BCUT2D eigenvalue weighted by molar-refractivity contribution is 5.97. The van der Waals surface area contributed by atoms with Crippen LogP contribution in [0.3, 0.4) is 0 Å². The van der Waals surface area contributed by atoms with Gasteiger partial charge in [0.1, 0.15) is 5.75 Å². The molecule has 0 fully saturated rings. The Morgan fingerprint density at radius 3 is 2.04 bits per heavy atom. The molecule has 0 unspecified atom stereocenters. The average Bonchev–Trinajstić information content (AvgIpc) is 2.57. The first-order valence-electron chi connectivity index (χ1n) is 7.38. The summed E-state index contributed by atoms with van der Waals surface area (Å²) in [4.78, 5) is 34.4. The first kappa shape index (κ1) is 17.2. The van der Waals surface area contributed by atoms with Gasteiger partial charge in [0.05, 0.1) is 5.56 Å². The molecule has 2 aromatic rings. The topological polar surface area (TPSA) is 107 Å². The minimum atomic E-state index is -1.04. The highest BCUT2D eigenvalue weighted by atomic mass is 16.5. The summed E-state index contributed by atoms with van der Waals surface area (Å²) in [6.45, 7) is 0. The zero-order valence-corrected chi connectivity index (χ0v) is 12.9. The minimum Gasteiger partial charge on any atom is -0.478 e. The Labute approximate surface area is 138 Å². The van der Waals surface area contributed by atoms with Gasteiger partial charge in [-0.15, -0.1) is 0 Å². The first-order chi connectivity index (χ1) is 11.5. The molecule has 0 aliphatic carbocycles. The van der Waals surface area contributed by atoms with Crippen LogP contribution in [0.15, 0.2) is 48.5 Å². The molecule has 0 saturated carbocycles. The molecular formula is C18H17NO5. The Hall–Kier alpha value is -3.15. The second-order valence-corrected chi connectivity index (χ2v) is 5.20. The number of ether oxygens (including phenoxy) is 1. The van der Waals surface area contributed by atoms with Gasteiger partial charge in [-0.05, 0) is 42.8 Å². The molecule has 0 radical (unpaired) electrons. The van der Waals surface area contributed by atoms with E-state index in [9.17, 15) is 14.4 Å². The molecule has 0 heterocycles. The van der Waals surface area contributed by atoms with Crippen molar-refractivity contribution in [1.82, 2.24) is 0 Å². The van der Waals surface area contributed by atoms with E-state index in [1.807, 2.05) is 0 Å². The molecule has 6 nitrogen and oxygen atoms in total. The predicted octanol–water partition coefficient (Wildman–Crippen LogP) is 2.93. The van der Waals surface area contributed by atoms with Crippen LogP contribution in [0.4, 0.5) is 5.69 Å². The number of carbonyl (C=O) groups excluding carboxylic acids is 2. The monoisotopic (exact) mass is 327 g/mol. The summed E-state index contributed by atoms with van der Waals surface area (Å²) in [5.74, 6) is -1.20. The van der Waals surface area contributed by atoms with Crippen LogP contribution in [-0.4, -0.2) is 22.8 Å². The molecule has 3 N–H and O–H groups in total. The van der Waals surface area contributed by atoms with E-state index in [-0.39, 0.29) is 24.2 Å². The Morgan fingerprint density at radius 2 is 1.46 bits per heavy atom. The summed E-state index contributed by atoms with van der Waals surface area (Å²) < 4.78 is 5.13. The summed E-state index contributed by atoms with van der Waals surface area (Å²) >= 11 is 0. The number of nitrogen functional groups attached to an aromatic ring is 1. The van der Waals surface area contributed by atoms with E-state index in [0.29, 0.717) is 23.4 Å². The molecule has 0 atom stereocenters. The second kappa shape index (κ2) is 7.92. The molecular weight excluding hydrogens is 310 g/mol. The van der Waals surface area contributed by atoms with E-state index in [0.717, 1.165) is 0 Å². The van der Waals surface area contributed by atoms with Gasteiger partial charge in [-0.3, -0.25) is 9.59 Å². The van der Waals surface area contributed by atoms with Crippen LogP contribution < -0.4 is 10.5 Å². The minimum absolute atomic E-state index is 0.114. The van der Waals surface area contributed by atoms with E-state index in [4.69, 9.17) is 15.6 Å². The molecule has 24 heavy (non-hydrogen) atoms. The van der Waals surface area contributed by atoms with Crippen molar-refractivity contribution in [2.75, 3.05) is 5.73 Å². The molecule has 124 valence electrons. The maximum Gasteiger partial charge on any atom is 0.335 e. The van der Waals surface area contributed by atoms with Gasteiger partial charge in [0.15, 0.2) is 5.78 Å². The van der Waals surface area contributed by atoms with E-state index in [1.165, 1.54) is 24.3 Å². The number of nitrogens with two attached hydrogens (primary N) is 1. The fourth-order valence-corrected chi connectivity index (χ4v) is 2.05. The number of benzene rings is 2. The summed E-state index contributed by atoms with van der Waals surface area (Å²) in [5, 5.41) is 8.81. The number of rotatable bonds is 7. The van der Waals surface area contributed by atoms with Gasteiger partial charge in [0.2, 0.25) is 0 Å². The number of hydrogen-bond acceptors (Lipinski definition) is 5. The summed E-state index contributed by atoms with van der Waals surface area (Å²) in [5.41, 5.74) is 6.67. The largest absolute Gasteiger partial charge is 0.478 e. The molecule has 6 heteroatoms. The number of esters is 1. The van der Waals surface area contributed by atoms with Crippen LogP contribution >= 0.6 is 0 Å². The van der Waals surface area contributed by atoms with Crippen LogP contribution in [0.5, 0.6) is 5.75 Å². The number of Topliss-reactive ketones (excluding diaryl/α,β-unsaturated/α-hetero) is 1. The molecule has 0 amide bonds. The molecule has 2 aromatic carbocycles. The van der Waals surface area contributed by atoms with Gasteiger partial charge in [-0.25, -0.2) is 4.79 Å². The Morgan fingerprint density at radius 1 is 0.875 bits per heavy atom. The van der Waals surface area contributed by atoms with Crippen molar-refractivity contribution in [3.63, 3.8) is 0 Å². The third-order valence-corrected chi connectivity index (χ3v) is 3.35. The van der Waals surface area contributed by atoms with Crippen molar-refractivity contribution >= 4 is 23.4 Å². The van der Waals surface area contributed by atoms with Gasteiger partial charge in [0, 0.05) is 24.1 Å². The summed E-state index contributed by atoms with van der Waals surface area (Å²) in [7, 11) is 0. The number of ketones is 1. The maximum atomic E-state index is 12.0. The Balaban J connectivity index is 1.78. The number of anilines is 1. The highest BCUT2D eigenvalue weighted by Crippen LogP contribution is 2.15. The van der Waals surface area contributed by atoms with Gasteiger partial charge in [-0.2, -0.15) is 0 Å². The predicted molar refractivity (Wildman–Crippen MR) is 88.1 cm³/mol. The van der Waals surface area contributed by atoms with Crippen LogP contribution in [-0.2, 0) is 4.79 Å². The van der Waals surface area contributed by atoms with Crippen molar-refractivity contribution in [2.24, 2.45) is 0 Å². The molecule has 0 spiro atoms. The standard InChI is InChI=1S/C18H17NO5/c19-14-8-10-15(11-9-14)24-17(21)3-1-2-16(20)12-4-6-13(7-5-12)18(22)23/h4-11H,1-3,19H2,(H,22,23). The maximum absolute atomic E-state index is 12.0. The molecule has 0 aliphatic rings. The fourth-order valence-electron chi connectivity index (χ4n) is 2.05. The number of hydrogen-bond donors (Lipinski definition) is 2. The lowest BCUT2D eigenvalue weighted by atomic mass is 10.0. The second-order valence-electron chi connectivity index (χ2n) is 5.20. The SMILES string of the molecule is Nc1ccc(OC(=O)CCCC(=O)c2ccc(C(=O)O)cc2)cc1. The molecule has 0 bridgehead atoms. The van der Waals surface area contributed by atoms with Crippen LogP contribution in [0.25, 0.3) is 0 Å². The van der Waals surface area contributed by atoms with E-state index < -0.39 is 11.9 Å². The summed E-state index contributed by atoms with van der Waals surface area (Å²) in [6.07, 6.45) is 0.653. The van der Waals surface area contributed by atoms with E-state index in [2.05, 4.69) is 0 Å². The average molecular weight is 327 g/mol. The lowest BCUT2D eigenvalue weighted by Gasteiger charge is -2.05. The Bertz CT molecular complexity index is 735. The number of carbonyl (C=O) groups is 3. The quantitative estimate of drug-likeness (QED) is 0.350. The van der Waals surface area contributed by atoms with Crippen LogP contribution in [0.2, 0.25) is 0 Å². The molecule has 0 saturated heterocycles. The smallest absolute Gasteiger partial charge is 0.335 e. The van der Waals surface area contributed by atoms with Crippen LogP contribution in [0.1, 0.15) is 40.0 Å². The molecule has 2 rings (SSSR count). The van der Waals surface area contributed by atoms with Crippen molar-refractivity contribution in [1.29, 1.82) is 0 Å². The van der Waals surface area contributed by atoms with E-state index in [1.54, 1.807) is 24.3 Å². The highest BCUT2D eigenvalue weighted by Gasteiger charge is 2.10. The van der Waals surface area contributed by atoms with Crippen LogP contribution in [0, 0.1) is 0 Å². The number of carboxylic acids is 1. The van der Waals surface area contributed by atoms with Gasteiger partial charge >= 0.3 is 11.9 Å². The van der Waals surface area contributed by atoms with Crippen molar-refractivity contribution in [3.8, 4) is 5.75 Å². The number of carboxylic acid groups (broad SMARTS) is 1. The Kier molecular flexibility index (Phi) is 5.68. The lowest BCUT2D eigenvalue weighted by molar-refractivity contribution is -0.134. The molecule has 0 aromatic heterocycles. The number of aromatic carboxylic acids is 1. The normalized spacial score (nSPS) is 10.2. The van der Waals surface area contributed by atoms with Gasteiger partial charge < -0.3 is 15.6 Å². The van der Waals surface area contributed by atoms with Crippen molar-refractivity contribution < 1.29 is 24.2 Å². The summed E-state index contributed by atoms with van der Waals surface area (Å²) in [6, 6.07) is 12.2. The third-order valence-electron chi connectivity index (χ3n) is 3.35. The zero-order valence-electron chi connectivity index (χ0n) is 12.9. The fraction of sp³-hybridized carbons (Fsp3) is 0.167. The zero-order chi connectivity index (χ0) is 17.5. The first-order valence-corrected chi connectivity index (χ1v) is 7.38. The van der Waals surface area contributed by atoms with Crippen molar-refractivity contribution in [3.05, 3.63) is 59.7 Å². The third kappa shape index (κ3) is 4.95.